The van der Waals surface area contributed by atoms with Crippen molar-refractivity contribution in [1.82, 2.24) is 4.90 Å². The summed E-state index contributed by atoms with van der Waals surface area (Å²) in [7, 11) is 2.97. The molecule has 0 spiro atoms. The average Bonchev–Trinajstić information content (AvgIpc) is 2.56. The number of Topliss-reactive ketones (excluding diaryl/α,β-unsaturated/α-hetero) is 1. The van der Waals surface area contributed by atoms with Gasteiger partial charge < -0.3 is 24.6 Å². The fourth-order valence-corrected chi connectivity index (χ4v) is 2.92. The summed E-state index contributed by atoms with van der Waals surface area (Å²) in [5, 5.41) is 20.0. The zero-order valence-corrected chi connectivity index (χ0v) is 15.0. The van der Waals surface area contributed by atoms with Crippen LogP contribution in [0.25, 0.3) is 0 Å². The molecule has 0 unspecified atom stereocenters. The average molecular weight is 351 g/mol. The van der Waals surface area contributed by atoms with Crippen molar-refractivity contribution >= 4 is 11.7 Å². The maximum Gasteiger partial charge on any atom is 0.227 e. The molecule has 1 fully saturated rings. The summed E-state index contributed by atoms with van der Waals surface area (Å²) in [5.74, 6) is 0.472. The number of ether oxygens (including phenoxy) is 2. The highest BCUT2D eigenvalue weighted by molar-refractivity contribution is 5.97. The van der Waals surface area contributed by atoms with E-state index in [1.807, 2.05) is 0 Å². The summed E-state index contributed by atoms with van der Waals surface area (Å²) in [6.07, 6.45) is -0.696. The van der Waals surface area contributed by atoms with Crippen LogP contribution in [-0.4, -0.2) is 65.8 Å². The van der Waals surface area contributed by atoms with E-state index in [-0.39, 0.29) is 24.7 Å². The van der Waals surface area contributed by atoms with Crippen molar-refractivity contribution < 1.29 is 29.3 Å². The van der Waals surface area contributed by atoms with Crippen molar-refractivity contribution in [1.29, 1.82) is 0 Å². The van der Waals surface area contributed by atoms with Crippen LogP contribution in [0.4, 0.5) is 0 Å². The molecule has 0 bridgehead atoms. The second-order valence-corrected chi connectivity index (χ2v) is 6.56. The number of hydrogen-bond donors (Lipinski definition) is 2. The van der Waals surface area contributed by atoms with Gasteiger partial charge in [0.15, 0.2) is 17.3 Å². The first kappa shape index (κ1) is 19.2. The summed E-state index contributed by atoms with van der Waals surface area (Å²) >= 11 is 0. The Hall–Kier alpha value is -2.12. The van der Waals surface area contributed by atoms with Crippen molar-refractivity contribution in [3.05, 3.63) is 23.3 Å². The highest BCUT2D eigenvalue weighted by Gasteiger charge is 2.37. The number of hydrogen-bond acceptors (Lipinski definition) is 6. The van der Waals surface area contributed by atoms with E-state index in [1.54, 1.807) is 19.1 Å². The van der Waals surface area contributed by atoms with Crippen molar-refractivity contribution in [2.45, 2.75) is 38.4 Å². The van der Waals surface area contributed by atoms with Crippen LogP contribution in [0.15, 0.2) is 12.1 Å². The van der Waals surface area contributed by atoms with Crippen molar-refractivity contribution in [3.8, 4) is 11.5 Å². The Labute approximate surface area is 147 Å². The van der Waals surface area contributed by atoms with Gasteiger partial charge in [-0.2, -0.15) is 0 Å². The Kier molecular flexibility index (Phi) is 5.69. The number of benzene rings is 1. The normalized spacial score (nSPS) is 23.3. The van der Waals surface area contributed by atoms with E-state index in [1.165, 1.54) is 26.0 Å². The largest absolute Gasteiger partial charge is 0.493 e. The number of piperidine rings is 1. The van der Waals surface area contributed by atoms with Crippen LogP contribution in [0.2, 0.25) is 0 Å². The van der Waals surface area contributed by atoms with Crippen LogP contribution in [-0.2, 0) is 11.2 Å². The number of nitrogens with zero attached hydrogens (tertiary/aromatic N) is 1. The maximum absolute atomic E-state index is 12.6. The Morgan fingerprint density at radius 2 is 1.88 bits per heavy atom. The fourth-order valence-electron chi connectivity index (χ4n) is 2.92. The molecule has 0 aliphatic carbocycles. The smallest absolute Gasteiger partial charge is 0.227 e. The van der Waals surface area contributed by atoms with Gasteiger partial charge in [0.2, 0.25) is 5.91 Å². The number of amides is 1. The molecule has 2 rings (SSSR count). The van der Waals surface area contributed by atoms with Gasteiger partial charge in [0.1, 0.15) is 0 Å². The number of carbonyl (C=O) groups is 2. The predicted octanol–water partition coefficient (Wildman–Crippen LogP) is 0.793. The molecular formula is C18H25NO6. The first-order valence-corrected chi connectivity index (χ1v) is 8.13. The van der Waals surface area contributed by atoms with Gasteiger partial charge in [-0.1, -0.05) is 0 Å². The Balaban J connectivity index is 2.24. The van der Waals surface area contributed by atoms with Crippen LogP contribution < -0.4 is 9.47 Å². The van der Waals surface area contributed by atoms with Gasteiger partial charge in [0.05, 0.1) is 32.3 Å². The molecule has 1 heterocycles. The summed E-state index contributed by atoms with van der Waals surface area (Å²) in [4.78, 5) is 26.0. The van der Waals surface area contributed by atoms with Crippen molar-refractivity contribution in [3.63, 3.8) is 0 Å². The summed E-state index contributed by atoms with van der Waals surface area (Å²) in [6, 6.07) is 3.20. The topological polar surface area (TPSA) is 96.3 Å². The minimum absolute atomic E-state index is 0.00410. The number of likely N-dealkylation sites (tertiary alicyclic amines) is 1. The van der Waals surface area contributed by atoms with E-state index in [0.29, 0.717) is 35.6 Å². The third kappa shape index (κ3) is 4.11. The third-order valence-corrected chi connectivity index (χ3v) is 4.68. The first-order valence-electron chi connectivity index (χ1n) is 8.13. The number of β-amino-alcohol motifs (C(OH)–C–C–N with tert-alkyl or cyclic N) is 1. The van der Waals surface area contributed by atoms with Crippen LogP contribution >= 0.6 is 0 Å². The minimum Gasteiger partial charge on any atom is -0.493 e. The second kappa shape index (κ2) is 7.41. The van der Waals surface area contributed by atoms with E-state index < -0.39 is 11.7 Å². The molecule has 2 atom stereocenters. The van der Waals surface area contributed by atoms with Gasteiger partial charge in [-0.05, 0) is 38.0 Å². The summed E-state index contributed by atoms with van der Waals surface area (Å²) in [5.41, 5.74) is -0.248. The van der Waals surface area contributed by atoms with Crippen molar-refractivity contribution in [2.24, 2.45) is 0 Å². The van der Waals surface area contributed by atoms with E-state index in [0.717, 1.165) is 0 Å². The first-order chi connectivity index (χ1) is 11.7. The molecule has 25 heavy (non-hydrogen) atoms. The van der Waals surface area contributed by atoms with Gasteiger partial charge in [-0.15, -0.1) is 0 Å². The molecule has 1 saturated heterocycles. The van der Waals surface area contributed by atoms with Crippen LogP contribution in [0.5, 0.6) is 11.5 Å². The molecule has 0 saturated carbocycles. The van der Waals surface area contributed by atoms with E-state index in [9.17, 15) is 19.8 Å². The van der Waals surface area contributed by atoms with E-state index in [2.05, 4.69) is 0 Å². The standard InChI is InChI=1S/C18H25NO6/c1-11(20)13-9-15(25-4)14(24-3)7-12(13)8-17(22)19-6-5-18(2,23)16(21)10-19/h7,9,16,21,23H,5-6,8,10H2,1-4H3/t16-,18+/m0/s1. The van der Waals surface area contributed by atoms with E-state index >= 15 is 0 Å². The molecule has 2 N–H and O–H groups in total. The van der Waals surface area contributed by atoms with Gasteiger partial charge in [0, 0.05) is 18.7 Å². The summed E-state index contributed by atoms with van der Waals surface area (Å²) in [6.45, 7) is 3.40. The molecule has 7 nitrogen and oxygen atoms in total. The molecule has 0 radical (unpaired) electrons. The molecule has 1 amide bonds. The Morgan fingerprint density at radius 3 is 2.40 bits per heavy atom. The lowest BCUT2D eigenvalue weighted by Gasteiger charge is -2.40. The Bertz CT molecular complexity index is 670. The maximum atomic E-state index is 12.6. The van der Waals surface area contributed by atoms with Crippen molar-refractivity contribution in [2.75, 3.05) is 27.3 Å². The summed E-state index contributed by atoms with van der Waals surface area (Å²) < 4.78 is 10.5. The van der Waals surface area contributed by atoms with Gasteiger partial charge in [0.25, 0.3) is 0 Å². The lowest BCUT2D eigenvalue weighted by atomic mass is 9.90. The predicted molar refractivity (Wildman–Crippen MR) is 91.1 cm³/mol. The third-order valence-electron chi connectivity index (χ3n) is 4.68. The highest BCUT2D eigenvalue weighted by Crippen LogP contribution is 2.31. The van der Waals surface area contributed by atoms with Gasteiger partial charge >= 0.3 is 0 Å². The van der Waals surface area contributed by atoms with Crippen LogP contribution in [0.1, 0.15) is 36.2 Å². The number of ketones is 1. The molecule has 0 aromatic heterocycles. The lowest BCUT2D eigenvalue weighted by Crippen LogP contribution is -2.55. The van der Waals surface area contributed by atoms with Crippen LogP contribution in [0, 0.1) is 0 Å². The quantitative estimate of drug-likeness (QED) is 0.762. The fraction of sp³-hybridized carbons (Fsp3) is 0.556. The van der Waals surface area contributed by atoms with Gasteiger partial charge in [-0.25, -0.2) is 0 Å². The number of methoxy groups -OCH3 is 2. The SMILES string of the molecule is COc1cc(CC(=O)N2CC[C@@](C)(O)[C@@H](O)C2)c(C(C)=O)cc1OC. The zero-order chi connectivity index (χ0) is 18.8. The minimum atomic E-state index is -1.19. The lowest BCUT2D eigenvalue weighted by molar-refractivity contribution is -0.145. The number of rotatable bonds is 5. The van der Waals surface area contributed by atoms with E-state index in [4.69, 9.17) is 9.47 Å². The molecule has 1 aromatic carbocycles. The second-order valence-electron chi connectivity index (χ2n) is 6.56. The molecule has 1 aliphatic rings. The van der Waals surface area contributed by atoms with Crippen LogP contribution in [0.3, 0.4) is 0 Å². The monoisotopic (exact) mass is 351 g/mol. The molecular weight excluding hydrogens is 326 g/mol. The number of aliphatic hydroxyl groups excluding tert-OH is 1. The highest BCUT2D eigenvalue weighted by atomic mass is 16.5. The Morgan fingerprint density at radius 1 is 1.28 bits per heavy atom. The molecule has 1 aliphatic heterocycles. The molecule has 7 heteroatoms. The molecule has 138 valence electrons. The number of carbonyl (C=O) groups excluding carboxylic acids is 2. The zero-order valence-electron chi connectivity index (χ0n) is 15.0. The van der Waals surface area contributed by atoms with Gasteiger partial charge in [-0.3, -0.25) is 9.59 Å². The number of aliphatic hydroxyl groups is 2. The molecule has 1 aromatic rings.